The minimum atomic E-state index is 0.00210. The van der Waals surface area contributed by atoms with E-state index in [4.69, 9.17) is 4.74 Å². The van der Waals surface area contributed by atoms with E-state index >= 15 is 0 Å². The van der Waals surface area contributed by atoms with Crippen LogP contribution < -0.4 is 4.74 Å². The van der Waals surface area contributed by atoms with E-state index in [-0.39, 0.29) is 11.9 Å². The molecule has 0 aliphatic heterocycles. The Morgan fingerprint density at radius 3 is 2.00 bits per heavy atom. The monoisotopic (exact) mass is 434 g/mol. The van der Waals surface area contributed by atoms with Crippen molar-refractivity contribution in [3.8, 4) is 5.75 Å². The van der Waals surface area contributed by atoms with Crippen molar-refractivity contribution in [2.75, 3.05) is 0 Å². The van der Waals surface area contributed by atoms with Crippen LogP contribution in [0.2, 0.25) is 0 Å². The van der Waals surface area contributed by atoms with Crippen molar-refractivity contribution in [1.82, 2.24) is 0 Å². The predicted molar refractivity (Wildman–Crippen MR) is 131 cm³/mol. The first-order chi connectivity index (χ1) is 15.6. The Labute approximate surface area is 195 Å². The van der Waals surface area contributed by atoms with Crippen LogP contribution in [0.5, 0.6) is 5.75 Å². The van der Waals surface area contributed by atoms with E-state index in [0.29, 0.717) is 11.3 Å². The zero-order valence-electron chi connectivity index (χ0n) is 20.1. The molecule has 0 saturated heterocycles. The molecule has 0 atom stereocenters. The molecule has 3 fully saturated rings. The molecule has 0 heterocycles. The summed E-state index contributed by atoms with van der Waals surface area (Å²) in [5.74, 6) is 4.25. The Hall–Kier alpha value is -1.57. The lowest BCUT2D eigenvalue weighted by Gasteiger charge is -2.37. The van der Waals surface area contributed by atoms with Gasteiger partial charge >= 0.3 is 5.97 Å². The van der Waals surface area contributed by atoms with Crippen LogP contribution in [0.3, 0.4) is 0 Å². The van der Waals surface area contributed by atoms with Gasteiger partial charge in [-0.3, -0.25) is 4.79 Å². The van der Waals surface area contributed by atoms with Gasteiger partial charge in [-0.2, -0.15) is 0 Å². The highest BCUT2D eigenvalue weighted by Crippen LogP contribution is 2.51. The number of hydrogen-bond donors (Lipinski definition) is 0. The molecule has 0 N–H and O–H groups in total. The van der Waals surface area contributed by atoms with Gasteiger partial charge in [-0.1, -0.05) is 56.9 Å². The largest absolute Gasteiger partial charge is 0.426 e. The fourth-order valence-corrected chi connectivity index (χ4v) is 7.13. The molecule has 1 spiro atoms. The molecular formula is C30H42O2. The maximum atomic E-state index is 12.8. The summed E-state index contributed by atoms with van der Waals surface area (Å²) in [5, 5.41) is 0. The second-order valence-corrected chi connectivity index (χ2v) is 11.5. The Bertz CT molecular complexity index is 775. The van der Waals surface area contributed by atoms with Gasteiger partial charge in [0.25, 0.3) is 0 Å². The third-order valence-corrected chi connectivity index (χ3v) is 9.48. The summed E-state index contributed by atoms with van der Waals surface area (Å²) in [6.07, 6.45) is 22.9. The van der Waals surface area contributed by atoms with Crippen molar-refractivity contribution >= 4 is 5.97 Å². The first kappa shape index (κ1) is 22.2. The third kappa shape index (κ3) is 5.15. The Kier molecular flexibility index (Phi) is 6.76. The average Bonchev–Trinajstić information content (AvgIpc) is 3.60. The minimum Gasteiger partial charge on any atom is -0.426 e. The van der Waals surface area contributed by atoms with E-state index in [0.717, 1.165) is 36.3 Å². The highest BCUT2D eigenvalue weighted by atomic mass is 16.5. The summed E-state index contributed by atoms with van der Waals surface area (Å²) < 4.78 is 5.81. The first-order valence-electron chi connectivity index (χ1n) is 13.7. The fourth-order valence-electron chi connectivity index (χ4n) is 7.13. The quantitative estimate of drug-likeness (QED) is 0.256. The van der Waals surface area contributed by atoms with Crippen molar-refractivity contribution in [3.63, 3.8) is 0 Å². The molecule has 3 saturated carbocycles. The highest BCUT2D eigenvalue weighted by Gasteiger charge is 2.38. The van der Waals surface area contributed by atoms with E-state index in [1.807, 2.05) is 12.1 Å². The number of hydrogen-bond acceptors (Lipinski definition) is 2. The van der Waals surface area contributed by atoms with E-state index in [1.54, 1.807) is 0 Å². The van der Waals surface area contributed by atoms with Crippen LogP contribution in [0.4, 0.5) is 0 Å². The van der Waals surface area contributed by atoms with Crippen LogP contribution in [0, 0.1) is 29.1 Å². The molecule has 1 aromatic rings. The summed E-state index contributed by atoms with van der Waals surface area (Å²) >= 11 is 0. The summed E-state index contributed by atoms with van der Waals surface area (Å²) in [7, 11) is 0. The second-order valence-electron chi connectivity index (χ2n) is 11.5. The molecule has 0 aromatic heterocycles. The lowest BCUT2D eigenvalue weighted by Crippen LogP contribution is -2.30. The number of allylic oxidation sites excluding steroid dienone is 2. The first-order valence-corrected chi connectivity index (χ1v) is 13.7. The standard InChI is InChI=1S/C30H42O2/c1-2-3-22-4-6-23(7-5-22)24-8-10-27(11-9-24)29(31)32-28-14-12-25(13-15-28)26-16-18-30(19-17-26)20-21-30/h12-15,20-24,26-27H,2-11,16-19H2,1H3. The number of esters is 1. The zero-order chi connectivity index (χ0) is 22.0. The van der Waals surface area contributed by atoms with Crippen molar-refractivity contribution in [3.05, 3.63) is 42.0 Å². The summed E-state index contributed by atoms with van der Waals surface area (Å²) in [5.41, 5.74) is 1.91. The second kappa shape index (κ2) is 9.74. The molecule has 0 bridgehead atoms. The Morgan fingerprint density at radius 1 is 0.844 bits per heavy atom. The van der Waals surface area contributed by atoms with Gasteiger partial charge in [0.05, 0.1) is 5.92 Å². The molecule has 2 heteroatoms. The molecule has 4 aliphatic carbocycles. The van der Waals surface area contributed by atoms with Crippen molar-refractivity contribution in [2.45, 2.75) is 103 Å². The molecule has 0 amide bonds. The van der Waals surface area contributed by atoms with Gasteiger partial charge in [-0.25, -0.2) is 0 Å². The summed E-state index contributed by atoms with van der Waals surface area (Å²) in [6.45, 7) is 2.32. The van der Waals surface area contributed by atoms with Gasteiger partial charge in [0.2, 0.25) is 0 Å². The molecule has 5 rings (SSSR count). The molecule has 4 aliphatic rings. The Morgan fingerprint density at radius 2 is 1.44 bits per heavy atom. The zero-order valence-corrected chi connectivity index (χ0v) is 20.1. The maximum absolute atomic E-state index is 12.8. The van der Waals surface area contributed by atoms with Crippen LogP contribution in [0.15, 0.2) is 36.4 Å². The lowest BCUT2D eigenvalue weighted by atomic mass is 9.69. The number of ether oxygens (including phenoxy) is 1. The van der Waals surface area contributed by atoms with E-state index < -0.39 is 0 Å². The predicted octanol–water partition coefficient (Wildman–Crippen LogP) is 8.22. The SMILES string of the molecule is CCCC1CCC(C2CCC(C(=O)Oc3ccc(C4CCC5(C=C5)CC4)cc3)CC2)CC1. The number of carbonyl (C=O) groups excluding carboxylic acids is 1. The van der Waals surface area contributed by atoms with E-state index in [9.17, 15) is 4.79 Å². The van der Waals surface area contributed by atoms with E-state index in [2.05, 4.69) is 31.2 Å². The van der Waals surface area contributed by atoms with Crippen LogP contribution in [-0.2, 0) is 4.79 Å². The summed E-state index contributed by atoms with van der Waals surface area (Å²) in [6, 6.07) is 8.43. The molecule has 0 unspecified atom stereocenters. The highest BCUT2D eigenvalue weighted by molar-refractivity contribution is 5.75. The molecule has 2 nitrogen and oxygen atoms in total. The van der Waals surface area contributed by atoms with Gasteiger partial charge in [-0.05, 0) is 106 Å². The lowest BCUT2D eigenvalue weighted by molar-refractivity contribution is -0.140. The summed E-state index contributed by atoms with van der Waals surface area (Å²) in [4.78, 5) is 12.8. The molecule has 174 valence electrons. The third-order valence-electron chi connectivity index (χ3n) is 9.48. The smallest absolute Gasteiger partial charge is 0.314 e. The van der Waals surface area contributed by atoms with Gasteiger partial charge in [0.15, 0.2) is 0 Å². The van der Waals surface area contributed by atoms with Crippen LogP contribution in [0.25, 0.3) is 0 Å². The molecular weight excluding hydrogens is 392 g/mol. The molecule has 32 heavy (non-hydrogen) atoms. The van der Waals surface area contributed by atoms with Gasteiger partial charge in [-0.15, -0.1) is 0 Å². The van der Waals surface area contributed by atoms with Crippen LogP contribution in [-0.4, -0.2) is 5.97 Å². The van der Waals surface area contributed by atoms with Crippen molar-refractivity contribution in [1.29, 1.82) is 0 Å². The van der Waals surface area contributed by atoms with Gasteiger partial charge in [0.1, 0.15) is 5.75 Å². The number of rotatable bonds is 6. The fraction of sp³-hybridized carbons (Fsp3) is 0.700. The number of carbonyl (C=O) groups is 1. The van der Waals surface area contributed by atoms with Crippen LogP contribution in [0.1, 0.15) is 108 Å². The Balaban J connectivity index is 1.05. The minimum absolute atomic E-state index is 0.00210. The average molecular weight is 435 g/mol. The number of benzene rings is 1. The van der Waals surface area contributed by atoms with Crippen LogP contribution >= 0.6 is 0 Å². The van der Waals surface area contributed by atoms with Crippen molar-refractivity contribution in [2.24, 2.45) is 29.1 Å². The normalized spacial score (nSPS) is 32.0. The molecule has 0 radical (unpaired) electrons. The maximum Gasteiger partial charge on any atom is 0.314 e. The topological polar surface area (TPSA) is 26.3 Å². The van der Waals surface area contributed by atoms with Gasteiger partial charge in [0, 0.05) is 5.41 Å². The van der Waals surface area contributed by atoms with Crippen molar-refractivity contribution < 1.29 is 9.53 Å². The van der Waals surface area contributed by atoms with Gasteiger partial charge < -0.3 is 4.74 Å². The van der Waals surface area contributed by atoms with E-state index in [1.165, 1.54) is 82.6 Å². The molecule has 1 aromatic carbocycles.